The SMILES string of the molecule is CC1CCN(C(=O)c2sc3nc4c(cc3c2N)CC(C(C)(C)C)CC4)CC1. The van der Waals surface area contributed by atoms with Crippen LogP contribution in [-0.2, 0) is 12.8 Å². The predicted octanol–water partition coefficient (Wildman–Crippen LogP) is 4.90. The lowest BCUT2D eigenvalue weighted by Crippen LogP contribution is -2.37. The molecule has 1 fully saturated rings. The van der Waals surface area contributed by atoms with Crippen molar-refractivity contribution in [3.05, 3.63) is 22.2 Å². The molecule has 146 valence electrons. The summed E-state index contributed by atoms with van der Waals surface area (Å²) in [6, 6.07) is 2.22. The lowest BCUT2D eigenvalue weighted by atomic mass is 9.71. The first-order valence-corrected chi connectivity index (χ1v) is 11.1. The van der Waals surface area contributed by atoms with Gasteiger partial charge in [0.05, 0.1) is 5.69 Å². The van der Waals surface area contributed by atoms with E-state index in [0.29, 0.717) is 27.8 Å². The number of aryl methyl sites for hydroxylation is 1. The molecule has 0 aromatic carbocycles. The normalized spacial score (nSPS) is 21.5. The average Bonchev–Trinajstić information content (AvgIpc) is 2.94. The Morgan fingerprint density at radius 2 is 1.96 bits per heavy atom. The third-order valence-corrected chi connectivity index (χ3v) is 7.68. The van der Waals surface area contributed by atoms with E-state index >= 15 is 0 Å². The molecule has 0 bridgehead atoms. The van der Waals surface area contributed by atoms with E-state index in [2.05, 4.69) is 33.8 Å². The standard InChI is InChI=1S/C22H31N3OS/c1-13-7-9-25(10-8-13)21(26)19-18(23)16-12-14-11-15(22(2,3)4)5-6-17(14)24-20(16)27-19/h12-13,15H,5-11,23H2,1-4H3. The highest BCUT2D eigenvalue weighted by Crippen LogP contribution is 2.40. The van der Waals surface area contributed by atoms with Gasteiger partial charge in [0.2, 0.25) is 0 Å². The van der Waals surface area contributed by atoms with Crippen molar-refractivity contribution in [2.45, 2.75) is 59.8 Å². The first-order valence-electron chi connectivity index (χ1n) is 10.2. The number of amides is 1. The minimum absolute atomic E-state index is 0.0907. The molecule has 1 unspecified atom stereocenters. The van der Waals surface area contributed by atoms with E-state index in [1.165, 1.54) is 29.0 Å². The van der Waals surface area contributed by atoms with Gasteiger partial charge in [-0.3, -0.25) is 4.79 Å². The number of carbonyl (C=O) groups excluding carboxylic acids is 1. The van der Waals surface area contributed by atoms with Crippen LogP contribution in [0, 0.1) is 17.3 Å². The van der Waals surface area contributed by atoms with Crippen molar-refractivity contribution < 1.29 is 4.79 Å². The quantitative estimate of drug-likeness (QED) is 0.759. The Kier molecular flexibility index (Phi) is 4.69. The van der Waals surface area contributed by atoms with Crippen molar-refractivity contribution >= 4 is 33.1 Å². The van der Waals surface area contributed by atoms with Crippen LogP contribution in [0.2, 0.25) is 0 Å². The molecule has 3 heterocycles. The third kappa shape index (κ3) is 3.46. The van der Waals surface area contributed by atoms with Crippen LogP contribution in [0.4, 0.5) is 5.69 Å². The molecule has 2 aromatic rings. The third-order valence-electron chi connectivity index (χ3n) is 6.58. The Balaban J connectivity index is 1.66. The molecule has 5 heteroatoms. The van der Waals surface area contributed by atoms with E-state index in [1.54, 1.807) is 0 Å². The van der Waals surface area contributed by atoms with E-state index < -0.39 is 0 Å². The molecule has 27 heavy (non-hydrogen) atoms. The molecular weight excluding hydrogens is 354 g/mol. The largest absolute Gasteiger partial charge is 0.397 e. The van der Waals surface area contributed by atoms with Crippen LogP contribution in [0.15, 0.2) is 6.07 Å². The Bertz CT molecular complexity index is 872. The van der Waals surface area contributed by atoms with Crippen LogP contribution in [0.25, 0.3) is 10.2 Å². The summed E-state index contributed by atoms with van der Waals surface area (Å²) >= 11 is 1.48. The number of nitrogens with zero attached hydrogens (tertiary/aromatic N) is 2. The Morgan fingerprint density at radius 3 is 2.63 bits per heavy atom. The van der Waals surface area contributed by atoms with E-state index in [-0.39, 0.29) is 5.91 Å². The molecule has 1 saturated heterocycles. The second-order valence-corrected chi connectivity index (χ2v) is 10.6. The Hall–Kier alpha value is -1.62. The molecule has 0 radical (unpaired) electrons. The maximum Gasteiger partial charge on any atom is 0.266 e. The number of carbonyl (C=O) groups is 1. The van der Waals surface area contributed by atoms with Crippen molar-refractivity contribution in [3.8, 4) is 0 Å². The monoisotopic (exact) mass is 385 g/mol. The van der Waals surface area contributed by atoms with E-state index in [1.807, 2.05) is 4.90 Å². The van der Waals surface area contributed by atoms with Crippen molar-refractivity contribution in [2.75, 3.05) is 18.8 Å². The van der Waals surface area contributed by atoms with Gasteiger partial charge in [-0.05, 0) is 61.0 Å². The molecule has 4 nitrogen and oxygen atoms in total. The topological polar surface area (TPSA) is 59.2 Å². The van der Waals surface area contributed by atoms with Gasteiger partial charge in [-0.1, -0.05) is 27.7 Å². The van der Waals surface area contributed by atoms with Gasteiger partial charge in [0.1, 0.15) is 9.71 Å². The molecule has 4 rings (SSSR count). The number of nitrogens with two attached hydrogens (primary N) is 1. The zero-order valence-corrected chi connectivity index (χ0v) is 17.8. The highest BCUT2D eigenvalue weighted by Gasteiger charge is 2.31. The van der Waals surface area contributed by atoms with Crippen LogP contribution >= 0.6 is 11.3 Å². The summed E-state index contributed by atoms with van der Waals surface area (Å²) in [4.78, 5) is 21.5. The van der Waals surface area contributed by atoms with Gasteiger partial charge in [-0.2, -0.15) is 0 Å². The summed E-state index contributed by atoms with van der Waals surface area (Å²) < 4.78 is 0. The number of aromatic nitrogens is 1. The van der Waals surface area contributed by atoms with Crippen molar-refractivity contribution in [1.82, 2.24) is 9.88 Å². The highest BCUT2D eigenvalue weighted by molar-refractivity contribution is 7.21. The van der Waals surface area contributed by atoms with Gasteiger partial charge in [-0.25, -0.2) is 4.98 Å². The molecule has 0 spiro atoms. The number of piperidine rings is 1. The molecule has 2 aromatic heterocycles. The summed E-state index contributed by atoms with van der Waals surface area (Å²) in [7, 11) is 0. The van der Waals surface area contributed by atoms with E-state index in [9.17, 15) is 4.79 Å². The molecule has 2 aliphatic rings. The zero-order chi connectivity index (χ0) is 19.3. The number of thiophene rings is 1. The zero-order valence-electron chi connectivity index (χ0n) is 17.0. The smallest absolute Gasteiger partial charge is 0.266 e. The molecule has 2 N–H and O–H groups in total. The van der Waals surface area contributed by atoms with Gasteiger partial charge in [0, 0.05) is 24.2 Å². The van der Waals surface area contributed by atoms with Crippen molar-refractivity contribution in [3.63, 3.8) is 0 Å². The number of rotatable bonds is 1. The second-order valence-electron chi connectivity index (χ2n) is 9.57. The van der Waals surface area contributed by atoms with Gasteiger partial charge in [-0.15, -0.1) is 11.3 Å². The molecule has 1 amide bonds. The lowest BCUT2D eigenvalue weighted by molar-refractivity contribution is 0.0703. The summed E-state index contributed by atoms with van der Waals surface area (Å²) in [6.45, 7) is 10.9. The van der Waals surface area contributed by atoms with Crippen LogP contribution in [0.1, 0.15) is 67.9 Å². The first-order chi connectivity index (χ1) is 12.7. The van der Waals surface area contributed by atoms with Crippen LogP contribution in [-0.4, -0.2) is 28.9 Å². The number of anilines is 1. The number of likely N-dealkylation sites (tertiary alicyclic amines) is 1. The number of nitrogen functional groups attached to an aromatic ring is 1. The molecule has 1 aliphatic heterocycles. The minimum Gasteiger partial charge on any atom is -0.397 e. The Labute approximate surface area is 166 Å². The molecule has 1 atom stereocenters. The molecular formula is C22H31N3OS. The lowest BCUT2D eigenvalue weighted by Gasteiger charge is -2.34. The van der Waals surface area contributed by atoms with Crippen LogP contribution in [0.5, 0.6) is 0 Å². The summed E-state index contributed by atoms with van der Waals surface area (Å²) in [5.41, 5.74) is 9.91. The fourth-order valence-electron chi connectivity index (χ4n) is 4.44. The fourth-order valence-corrected chi connectivity index (χ4v) is 5.51. The van der Waals surface area contributed by atoms with Gasteiger partial charge < -0.3 is 10.6 Å². The summed E-state index contributed by atoms with van der Waals surface area (Å²) in [5.74, 6) is 1.46. The van der Waals surface area contributed by atoms with Crippen molar-refractivity contribution in [1.29, 1.82) is 0 Å². The minimum atomic E-state index is 0.0907. The average molecular weight is 386 g/mol. The maximum absolute atomic E-state index is 13.0. The van der Waals surface area contributed by atoms with Crippen molar-refractivity contribution in [2.24, 2.45) is 17.3 Å². The molecule has 0 saturated carbocycles. The fraction of sp³-hybridized carbons (Fsp3) is 0.636. The summed E-state index contributed by atoms with van der Waals surface area (Å²) in [5, 5.41) is 0.974. The van der Waals surface area contributed by atoms with Gasteiger partial charge in [0.25, 0.3) is 5.91 Å². The first kappa shape index (κ1) is 18.7. The highest BCUT2D eigenvalue weighted by atomic mass is 32.1. The van der Waals surface area contributed by atoms with E-state index in [4.69, 9.17) is 10.7 Å². The Morgan fingerprint density at radius 1 is 1.26 bits per heavy atom. The van der Waals surface area contributed by atoms with E-state index in [0.717, 1.165) is 49.0 Å². The number of hydrogen-bond acceptors (Lipinski definition) is 4. The second kappa shape index (κ2) is 6.77. The summed E-state index contributed by atoms with van der Waals surface area (Å²) in [6.07, 6.45) is 5.44. The number of fused-ring (bicyclic) bond motifs is 2. The van der Waals surface area contributed by atoms with Gasteiger partial charge >= 0.3 is 0 Å². The maximum atomic E-state index is 13.0. The van der Waals surface area contributed by atoms with Gasteiger partial charge in [0.15, 0.2) is 0 Å². The number of pyridine rings is 1. The number of hydrogen-bond donors (Lipinski definition) is 1. The predicted molar refractivity (Wildman–Crippen MR) is 113 cm³/mol. The molecule has 1 aliphatic carbocycles. The van der Waals surface area contributed by atoms with Crippen LogP contribution in [0.3, 0.4) is 0 Å². The van der Waals surface area contributed by atoms with Crippen LogP contribution < -0.4 is 5.73 Å².